The Balaban J connectivity index is 1.97. The Bertz CT molecular complexity index is 386. The Labute approximate surface area is 111 Å². The first-order chi connectivity index (χ1) is 8.26. The number of hydrogen-bond donors (Lipinski definition) is 1. The maximum atomic E-state index is 12.4. The van der Waals surface area contributed by atoms with Crippen molar-refractivity contribution in [2.75, 3.05) is 18.8 Å². The summed E-state index contributed by atoms with van der Waals surface area (Å²) in [5.74, 6) is 0.286. The molecule has 0 aromatic rings. The van der Waals surface area contributed by atoms with Gasteiger partial charge in [-0.2, -0.15) is 0 Å². The van der Waals surface area contributed by atoms with Crippen LogP contribution in [-0.4, -0.2) is 43.6 Å². The molecule has 2 aliphatic heterocycles. The van der Waals surface area contributed by atoms with E-state index in [1.165, 1.54) is 6.42 Å². The molecule has 2 rings (SSSR count). The first-order valence-corrected chi connectivity index (χ1v) is 8.61. The topological polar surface area (TPSA) is 49.4 Å². The molecule has 5 heteroatoms. The Morgan fingerprint density at radius 1 is 1.17 bits per heavy atom. The standard InChI is InChI=1S/C13H26N2O2S/c1-13(2,3)7-9-18(16,17)15-8-6-11-4-5-12(10-15)14-11/h11-12,14H,4-10H2,1-3H3. The third-order valence-electron chi connectivity index (χ3n) is 3.99. The van der Waals surface area contributed by atoms with E-state index in [1.54, 1.807) is 4.31 Å². The van der Waals surface area contributed by atoms with E-state index in [9.17, 15) is 8.42 Å². The van der Waals surface area contributed by atoms with Gasteiger partial charge in [-0.15, -0.1) is 0 Å². The highest BCUT2D eigenvalue weighted by atomic mass is 32.2. The summed E-state index contributed by atoms with van der Waals surface area (Å²) in [4.78, 5) is 0. The molecule has 0 aromatic heterocycles. The van der Waals surface area contributed by atoms with Crippen LogP contribution >= 0.6 is 0 Å². The zero-order valence-corrected chi connectivity index (χ0v) is 12.6. The number of nitrogens with zero attached hydrogens (tertiary/aromatic N) is 1. The van der Waals surface area contributed by atoms with Crippen LogP contribution in [0.1, 0.15) is 46.5 Å². The number of fused-ring (bicyclic) bond motifs is 2. The van der Waals surface area contributed by atoms with Crippen LogP contribution in [-0.2, 0) is 10.0 Å². The van der Waals surface area contributed by atoms with Crippen molar-refractivity contribution in [1.82, 2.24) is 9.62 Å². The van der Waals surface area contributed by atoms with Crippen molar-refractivity contribution in [3.8, 4) is 0 Å². The number of rotatable bonds is 3. The second kappa shape index (κ2) is 5.10. The van der Waals surface area contributed by atoms with Crippen LogP contribution in [0.5, 0.6) is 0 Å². The van der Waals surface area contributed by atoms with Crippen LogP contribution in [0.3, 0.4) is 0 Å². The molecule has 2 aliphatic rings. The summed E-state index contributed by atoms with van der Waals surface area (Å²) < 4.78 is 26.4. The van der Waals surface area contributed by atoms with E-state index >= 15 is 0 Å². The third kappa shape index (κ3) is 3.68. The minimum absolute atomic E-state index is 0.0795. The Hall–Kier alpha value is -0.130. The molecule has 2 fully saturated rings. The van der Waals surface area contributed by atoms with E-state index in [0.29, 0.717) is 25.2 Å². The fourth-order valence-corrected chi connectivity index (χ4v) is 4.65. The molecule has 2 atom stereocenters. The van der Waals surface area contributed by atoms with Gasteiger partial charge in [-0.25, -0.2) is 12.7 Å². The Kier molecular flexibility index (Phi) is 4.04. The molecule has 2 bridgehead atoms. The van der Waals surface area contributed by atoms with Gasteiger partial charge in [-0.3, -0.25) is 0 Å². The van der Waals surface area contributed by atoms with E-state index in [4.69, 9.17) is 0 Å². The fraction of sp³-hybridized carbons (Fsp3) is 1.00. The first-order valence-electron chi connectivity index (χ1n) is 7.00. The molecule has 2 heterocycles. The molecule has 0 aromatic carbocycles. The molecule has 1 N–H and O–H groups in total. The molecular weight excluding hydrogens is 248 g/mol. The van der Waals surface area contributed by atoms with Gasteiger partial charge in [0.05, 0.1) is 5.75 Å². The van der Waals surface area contributed by atoms with Crippen LogP contribution < -0.4 is 5.32 Å². The summed E-state index contributed by atoms with van der Waals surface area (Å²) in [5.41, 5.74) is 0.0795. The van der Waals surface area contributed by atoms with E-state index < -0.39 is 10.0 Å². The van der Waals surface area contributed by atoms with Crippen molar-refractivity contribution in [3.63, 3.8) is 0 Å². The normalized spacial score (nSPS) is 30.4. The van der Waals surface area contributed by atoms with Gasteiger partial charge in [-0.1, -0.05) is 20.8 Å². The summed E-state index contributed by atoms with van der Waals surface area (Å²) in [6.45, 7) is 7.64. The molecule has 18 heavy (non-hydrogen) atoms. The molecular formula is C13H26N2O2S. The van der Waals surface area contributed by atoms with Crippen LogP contribution in [0.15, 0.2) is 0 Å². The fourth-order valence-electron chi connectivity index (χ4n) is 2.73. The van der Waals surface area contributed by atoms with Crippen molar-refractivity contribution < 1.29 is 8.42 Å². The highest BCUT2D eigenvalue weighted by Crippen LogP contribution is 2.24. The number of nitrogens with one attached hydrogen (secondary N) is 1. The lowest BCUT2D eigenvalue weighted by molar-refractivity contribution is 0.365. The van der Waals surface area contributed by atoms with Crippen LogP contribution in [0.2, 0.25) is 0 Å². The van der Waals surface area contributed by atoms with E-state index in [1.807, 2.05) is 0 Å². The van der Waals surface area contributed by atoms with Crippen molar-refractivity contribution >= 4 is 10.0 Å². The van der Waals surface area contributed by atoms with Crippen molar-refractivity contribution in [2.45, 2.75) is 58.5 Å². The zero-order valence-electron chi connectivity index (χ0n) is 11.8. The molecule has 4 nitrogen and oxygen atoms in total. The predicted octanol–water partition coefficient (Wildman–Crippen LogP) is 1.58. The lowest BCUT2D eigenvalue weighted by Crippen LogP contribution is -2.40. The monoisotopic (exact) mass is 274 g/mol. The molecule has 0 radical (unpaired) electrons. The van der Waals surface area contributed by atoms with Gasteiger partial charge in [0.1, 0.15) is 0 Å². The molecule has 0 spiro atoms. The highest BCUT2D eigenvalue weighted by molar-refractivity contribution is 7.89. The van der Waals surface area contributed by atoms with Gasteiger partial charge in [0.2, 0.25) is 10.0 Å². The van der Waals surface area contributed by atoms with Gasteiger partial charge >= 0.3 is 0 Å². The predicted molar refractivity (Wildman–Crippen MR) is 74.0 cm³/mol. The number of sulfonamides is 1. The van der Waals surface area contributed by atoms with Crippen LogP contribution in [0, 0.1) is 5.41 Å². The quantitative estimate of drug-likeness (QED) is 0.850. The average molecular weight is 274 g/mol. The summed E-state index contributed by atoms with van der Waals surface area (Å²) in [6.07, 6.45) is 4.02. The summed E-state index contributed by atoms with van der Waals surface area (Å²) in [7, 11) is -3.07. The lowest BCUT2D eigenvalue weighted by Gasteiger charge is -2.25. The Morgan fingerprint density at radius 3 is 2.50 bits per heavy atom. The van der Waals surface area contributed by atoms with Crippen molar-refractivity contribution in [3.05, 3.63) is 0 Å². The second-order valence-electron chi connectivity index (χ2n) is 6.91. The number of hydrogen-bond acceptors (Lipinski definition) is 3. The first kappa shape index (κ1) is 14.3. The van der Waals surface area contributed by atoms with Gasteiger partial charge in [0.15, 0.2) is 0 Å². The summed E-state index contributed by atoms with van der Waals surface area (Å²) in [5, 5.41) is 3.52. The summed E-state index contributed by atoms with van der Waals surface area (Å²) >= 11 is 0. The zero-order chi connectivity index (χ0) is 13.4. The smallest absolute Gasteiger partial charge is 0.214 e. The molecule has 106 valence electrons. The van der Waals surface area contributed by atoms with Gasteiger partial charge in [-0.05, 0) is 31.1 Å². The largest absolute Gasteiger partial charge is 0.310 e. The van der Waals surface area contributed by atoms with E-state index in [-0.39, 0.29) is 11.2 Å². The van der Waals surface area contributed by atoms with Gasteiger partial charge in [0.25, 0.3) is 0 Å². The Morgan fingerprint density at radius 2 is 1.83 bits per heavy atom. The van der Waals surface area contributed by atoms with Gasteiger partial charge in [0, 0.05) is 25.2 Å². The van der Waals surface area contributed by atoms with E-state index in [2.05, 4.69) is 26.1 Å². The maximum Gasteiger partial charge on any atom is 0.214 e. The second-order valence-corrected chi connectivity index (χ2v) is 9.00. The maximum absolute atomic E-state index is 12.4. The summed E-state index contributed by atoms with van der Waals surface area (Å²) in [6, 6.07) is 0.916. The van der Waals surface area contributed by atoms with Crippen molar-refractivity contribution in [1.29, 1.82) is 0 Å². The van der Waals surface area contributed by atoms with Crippen LogP contribution in [0.4, 0.5) is 0 Å². The minimum atomic E-state index is -3.07. The highest BCUT2D eigenvalue weighted by Gasteiger charge is 2.34. The molecule has 0 aliphatic carbocycles. The van der Waals surface area contributed by atoms with E-state index in [0.717, 1.165) is 19.3 Å². The minimum Gasteiger partial charge on any atom is -0.310 e. The average Bonchev–Trinajstić information content (AvgIpc) is 2.54. The van der Waals surface area contributed by atoms with Crippen molar-refractivity contribution in [2.24, 2.45) is 5.41 Å². The van der Waals surface area contributed by atoms with Crippen LogP contribution in [0.25, 0.3) is 0 Å². The molecule has 2 unspecified atom stereocenters. The third-order valence-corrected chi connectivity index (χ3v) is 5.83. The van der Waals surface area contributed by atoms with Gasteiger partial charge < -0.3 is 5.32 Å². The molecule has 0 saturated carbocycles. The molecule has 0 amide bonds. The SMILES string of the molecule is CC(C)(C)CCS(=O)(=O)N1CCC2CCC(C1)N2. The lowest BCUT2D eigenvalue weighted by atomic mass is 9.94. The molecule has 2 saturated heterocycles.